The van der Waals surface area contributed by atoms with Gasteiger partial charge in [-0.25, -0.2) is 9.67 Å². The number of amides is 1. The van der Waals surface area contributed by atoms with Gasteiger partial charge >= 0.3 is 0 Å². The Morgan fingerprint density at radius 3 is 2.56 bits per heavy atom. The molecule has 3 aromatic rings. The van der Waals surface area contributed by atoms with Crippen LogP contribution in [0.4, 0.5) is 5.82 Å². The van der Waals surface area contributed by atoms with E-state index < -0.39 is 0 Å². The lowest BCUT2D eigenvalue weighted by atomic mass is 10.1. The molecule has 0 saturated heterocycles. The van der Waals surface area contributed by atoms with Crippen molar-refractivity contribution in [3.05, 3.63) is 38.8 Å². The highest BCUT2D eigenvalue weighted by atomic mass is 35.5. The minimum Gasteiger partial charge on any atom is -0.306 e. The molecule has 3 heterocycles. The van der Waals surface area contributed by atoms with Gasteiger partial charge in [0, 0.05) is 6.07 Å². The van der Waals surface area contributed by atoms with E-state index in [1.54, 1.807) is 0 Å². The summed E-state index contributed by atoms with van der Waals surface area (Å²) in [4.78, 5) is 18.9. The summed E-state index contributed by atoms with van der Waals surface area (Å²) in [5.74, 6) is 0.512. The minimum atomic E-state index is -0.224. The van der Waals surface area contributed by atoms with Gasteiger partial charge in [-0.05, 0) is 46.8 Å². The van der Waals surface area contributed by atoms with Crippen molar-refractivity contribution < 1.29 is 4.79 Å². The molecule has 0 unspecified atom stereocenters. The average molecular weight is 395 g/mol. The summed E-state index contributed by atoms with van der Waals surface area (Å²) in [7, 11) is 0. The molecule has 0 saturated carbocycles. The largest absolute Gasteiger partial charge is 0.306 e. The molecule has 0 radical (unpaired) electrons. The van der Waals surface area contributed by atoms with Gasteiger partial charge in [-0.1, -0.05) is 11.6 Å². The number of aryl methyl sites for hydroxylation is 2. The summed E-state index contributed by atoms with van der Waals surface area (Å²) in [6, 6.07) is 5.63. The van der Waals surface area contributed by atoms with Crippen molar-refractivity contribution in [1.82, 2.24) is 14.8 Å². The maximum atomic E-state index is 12.8. The number of carbonyl (C=O) groups excluding carboxylic acids is 1. The lowest BCUT2D eigenvalue weighted by Gasteiger charge is -2.22. The first-order valence-corrected chi connectivity index (χ1v) is 9.78. The molecule has 0 atom stereocenters. The number of halogens is 1. The smallest absolute Gasteiger partial charge is 0.268 e. The first-order valence-electron chi connectivity index (χ1n) is 7.77. The van der Waals surface area contributed by atoms with Gasteiger partial charge in [0.25, 0.3) is 5.91 Å². The van der Waals surface area contributed by atoms with E-state index in [0.717, 1.165) is 15.6 Å². The van der Waals surface area contributed by atoms with Crippen LogP contribution in [-0.2, 0) is 5.54 Å². The zero-order valence-electron chi connectivity index (χ0n) is 14.7. The molecular formula is C17H19ClN4OS2. The molecule has 0 aliphatic carbocycles. The molecule has 25 heavy (non-hydrogen) atoms. The topological polar surface area (TPSA) is 59.8 Å². The van der Waals surface area contributed by atoms with Crippen molar-refractivity contribution in [2.24, 2.45) is 0 Å². The average Bonchev–Trinajstić information content (AvgIpc) is 3.17. The van der Waals surface area contributed by atoms with Gasteiger partial charge in [0.2, 0.25) is 0 Å². The molecule has 1 amide bonds. The summed E-state index contributed by atoms with van der Waals surface area (Å²) in [5, 5.41) is 8.26. The van der Waals surface area contributed by atoms with Gasteiger partial charge < -0.3 is 5.32 Å². The molecule has 0 aliphatic rings. The summed E-state index contributed by atoms with van der Waals surface area (Å²) < 4.78 is 2.54. The van der Waals surface area contributed by atoms with Gasteiger partial charge in [0.15, 0.2) is 0 Å². The molecule has 0 aliphatic heterocycles. The fourth-order valence-electron chi connectivity index (χ4n) is 2.41. The number of hydrogen-bond acceptors (Lipinski definition) is 5. The van der Waals surface area contributed by atoms with Crippen molar-refractivity contribution in [1.29, 1.82) is 0 Å². The highest BCUT2D eigenvalue weighted by Gasteiger charge is 2.22. The van der Waals surface area contributed by atoms with Crippen LogP contribution in [0.3, 0.4) is 0 Å². The Hall–Kier alpha value is -1.70. The Morgan fingerprint density at radius 2 is 1.96 bits per heavy atom. The highest BCUT2D eigenvalue weighted by Crippen LogP contribution is 2.35. The zero-order valence-corrected chi connectivity index (χ0v) is 17.1. The summed E-state index contributed by atoms with van der Waals surface area (Å²) in [6.45, 7) is 9.90. The van der Waals surface area contributed by atoms with Crippen molar-refractivity contribution >= 4 is 46.0 Å². The second-order valence-electron chi connectivity index (χ2n) is 6.75. The standard InChI is InChI=1S/C17H19ClN4OS2/c1-9-8-13(22(21-9)17(3,4)5)20-15(23)14-10(2)19-16(25-14)11-6-7-12(18)24-11/h6-8H,1-5H3,(H,20,23). The Morgan fingerprint density at radius 1 is 1.24 bits per heavy atom. The maximum absolute atomic E-state index is 12.8. The lowest BCUT2D eigenvalue weighted by molar-refractivity contribution is 0.102. The number of nitrogens with zero attached hydrogens (tertiary/aromatic N) is 3. The van der Waals surface area contributed by atoms with Crippen LogP contribution in [0.15, 0.2) is 18.2 Å². The van der Waals surface area contributed by atoms with E-state index in [4.69, 9.17) is 11.6 Å². The first kappa shape index (κ1) is 18.1. The van der Waals surface area contributed by atoms with Crippen LogP contribution < -0.4 is 5.32 Å². The number of nitrogens with one attached hydrogen (secondary N) is 1. The third-order valence-corrected chi connectivity index (χ3v) is 6.05. The van der Waals surface area contributed by atoms with E-state index in [2.05, 4.69) is 15.4 Å². The number of hydrogen-bond donors (Lipinski definition) is 1. The zero-order chi connectivity index (χ0) is 18.4. The van der Waals surface area contributed by atoms with Crippen LogP contribution in [0.1, 0.15) is 41.8 Å². The van der Waals surface area contributed by atoms with Gasteiger partial charge in [-0.3, -0.25) is 4.79 Å². The van der Waals surface area contributed by atoms with Gasteiger partial charge in [-0.15, -0.1) is 22.7 Å². The molecule has 5 nitrogen and oxygen atoms in total. The van der Waals surface area contributed by atoms with Gasteiger partial charge in [0.05, 0.1) is 26.1 Å². The first-order chi connectivity index (χ1) is 11.6. The molecule has 132 valence electrons. The number of aromatic nitrogens is 3. The molecule has 3 rings (SSSR count). The third kappa shape index (κ3) is 3.78. The van der Waals surface area contributed by atoms with E-state index in [1.165, 1.54) is 22.7 Å². The van der Waals surface area contributed by atoms with E-state index >= 15 is 0 Å². The van der Waals surface area contributed by atoms with Crippen LogP contribution in [0.25, 0.3) is 9.88 Å². The molecule has 0 bridgehead atoms. The number of anilines is 1. The monoisotopic (exact) mass is 394 g/mol. The summed E-state index contributed by atoms with van der Waals surface area (Å²) >= 11 is 8.82. The van der Waals surface area contributed by atoms with Crippen LogP contribution in [-0.4, -0.2) is 20.7 Å². The maximum Gasteiger partial charge on any atom is 0.268 e. The molecule has 0 fully saturated rings. The SMILES string of the molecule is Cc1cc(NC(=O)c2sc(-c3ccc(Cl)s3)nc2C)n(C(C)(C)C)n1. The second-order valence-corrected chi connectivity index (χ2v) is 9.46. The highest BCUT2D eigenvalue weighted by molar-refractivity contribution is 7.24. The number of carbonyl (C=O) groups is 1. The Bertz CT molecular complexity index is 933. The molecule has 0 spiro atoms. The van der Waals surface area contributed by atoms with Crippen LogP contribution in [0.5, 0.6) is 0 Å². The van der Waals surface area contributed by atoms with E-state index in [-0.39, 0.29) is 11.4 Å². The quantitative estimate of drug-likeness (QED) is 0.651. The fraction of sp³-hybridized carbons (Fsp3) is 0.353. The molecule has 8 heteroatoms. The molecule has 0 aromatic carbocycles. The molecular weight excluding hydrogens is 376 g/mol. The van der Waals surface area contributed by atoms with Crippen LogP contribution in [0, 0.1) is 13.8 Å². The van der Waals surface area contributed by atoms with Crippen molar-refractivity contribution in [3.8, 4) is 9.88 Å². The molecule has 1 N–H and O–H groups in total. The number of rotatable bonds is 3. The summed E-state index contributed by atoms with van der Waals surface area (Å²) in [6.07, 6.45) is 0. The van der Waals surface area contributed by atoms with E-state index in [0.29, 0.717) is 20.7 Å². The minimum absolute atomic E-state index is 0.172. The third-order valence-electron chi connectivity index (χ3n) is 3.50. The van der Waals surface area contributed by atoms with Gasteiger partial charge in [0.1, 0.15) is 15.7 Å². The van der Waals surface area contributed by atoms with Crippen molar-refractivity contribution in [2.45, 2.75) is 40.2 Å². The van der Waals surface area contributed by atoms with Crippen LogP contribution in [0.2, 0.25) is 4.34 Å². The Labute approximate surface area is 159 Å². The van der Waals surface area contributed by atoms with Crippen molar-refractivity contribution in [3.63, 3.8) is 0 Å². The summed E-state index contributed by atoms with van der Waals surface area (Å²) in [5.41, 5.74) is 1.35. The predicted molar refractivity (Wildman–Crippen MR) is 105 cm³/mol. The van der Waals surface area contributed by atoms with Crippen molar-refractivity contribution in [2.75, 3.05) is 5.32 Å². The second kappa shape index (κ2) is 6.55. The predicted octanol–water partition coefficient (Wildman–Crippen LogP) is 5.35. The van der Waals surface area contributed by atoms with Crippen LogP contribution >= 0.6 is 34.3 Å². The number of thiophene rings is 1. The van der Waals surface area contributed by atoms with E-state index in [1.807, 2.05) is 57.5 Å². The van der Waals surface area contributed by atoms with Gasteiger partial charge in [-0.2, -0.15) is 5.10 Å². The Balaban J connectivity index is 1.89. The lowest BCUT2D eigenvalue weighted by Crippen LogP contribution is -2.26. The fourth-order valence-corrected chi connectivity index (χ4v) is 4.47. The van der Waals surface area contributed by atoms with E-state index in [9.17, 15) is 4.79 Å². The molecule has 3 aromatic heterocycles. The Kier molecular flexibility index (Phi) is 4.74. The number of thiazole rings is 1. The normalized spacial score (nSPS) is 11.8.